The average Bonchev–Trinajstić information content (AvgIpc) is 3.49. The van der Waals surface area contributed by atoms with Gasteiger partial charge in [-0.3, -0.25) is 9.89 Å². The molecule has 164 valence electrons. The monoisotopic (exact) mass is 421 g/mol. The number of nitrogens with one attached hydrogen (secondary N) is 2. The van der Waals surface area contributed by atoms with Crippen LogP contribution in [0.25, 0.3) is 0 Å². The number of aliphatic imine (C=N–C) groups is 1. The van der Waals surface area contributed by atoms with E-state index in [1.807, 2.05) is 0 Å². The molecule has 0 radical (unpaired) electrons. The van der Waals surface area contributed by atoms with E-state index in [2.05, 4.69) is 50.4 Å². The molecule has 8 heteroatoms. The van der Waals surface area contributed by atoms with Gasteiger partial charge in [0.05, 0.1) is 6.54 Å². The maximum absolute atomic E-state index is 4.85. The molecular weight excluding hydrogens is 382 g/mol. The minimum Gasteiger partial charge on any atom is -0.357 e. The summed E-state index contributed by atoms with van der Waals surface area (Å²) < 4.78 is 2.41. The zero-order valence-corrected chi connectivity index (χ0v) is 19.3. The van der Waals surface area contributed by atoms with Crippen LogP contribution in [0.1, 0.15) is 70.7 Å². The number of guanidine groups is 1. The quantitative estimate of drug-likeness (QED) is 0.262. The largest absolute Gasteiger partial charge is 0.357 e. The molecular formula is C21H39N7S. The fraction of sp³-hybridized carbons (Fsp3) is 0.857. The molecule has 2 heterocycles. The molecule has 1 aliphatic heterocycles. The Labute approximate surface area is 180 Å². The van der Waals surface area contributed by atoms with Gasteiger partial charge < -0.3 is 15.2 Å². The Morgan fingerprint density at radius 1 is 1.14 bits per heavy atom. The van der Waals surface area contributed by atoms with Gasteiger partial charge in [0.25, 0.3) is 0 Å². The summed E-state index contributed by atoms with van der Waals surface area (Å²) in [6, 6.07) is 1.20. The summed E-state index contributed by atoms with van der Waals surface area (Å²) in [5, 5.41) is 16.9. The Balaban J connectivity index is 1.49. The molecule has 1 saturated carbocycles. The predicted molar refractivity (Wildman–Crippen MR) is 122 cm³/mol. The van der Waals surface area contributed by atoms with E-state index >= 15 is 0 Å². The zero-order chi connectivity index (χ0) is 20.5. The number of thioether (sulfide) groups is 1. The third kappa shape index (κ3) is 6.10. The Kier molecular flexibility index (Phi) is 9.11. The highest BCUT2D eigenvalue weighted by molar-refractivity contribution is 7.98. The maximum atomic E-state index is 4.85. The topological polar surface area (TPSA) is 70.4 Å². The molecule has 1 saturated heterocycles. The Hall–Kier alpha value is -1.28. The second kappa shape index (κ2) is 11.8. The highest BCUT2D eigenvalue weighted by Crippen LogP contribution is 2.33. The Morgan fingerprint density at radius 3 is 2.69 bits per heavy atom. The average molecular weight is 422 g/mol. The van der Waals surface area contributed by atoms with Gasteiger partial charge in [-0.1, -0.05) is 31.5 Å². The second-order valence-corrected chi connectivity index (χ2v) is 8.86. The summed E-state index contributed by atoms with van der Waals surface area (Å²) in [5.41, 5.74) is 0. The SMILES string of the molecule is CCNC(=NCC1CCCN1CC)NCCCc1nnc(SC)n1C1CCCC1. The van der Waals surface area contributed by atoms with Gasteiger partial charge in [-0.2, -0.15) is 0 Å². The van der Waals surface area contributed by atoms with E-state index in [1.165, 1.54) is 45.1 Å². The lowest BCUT2D eigenvalue weighted by molar-refractivity contribution is 0.273. The molecule has 1 aromatic rings. The first kappa shape index (κ1) is 22.4. The van der Waals surface area contributed by atoms with Gasteiger partial charge in [-0.05, 0) is 58.4 Å². The molecule has 1 atom stereocenters. The first-order valence-corrected chi connectivity index (χ1v) is 12.7. The molecule has 1 unspecified atom stereocenters. The van der Waals surface area contributed by atoms with Crippen molar-refractivity contribution in [2.45, 2.75) is 82.5 Å². The first-order valence-electron chi connectivity index (χ1n) is 11.5. The number of hydrogen-bond acceptors (Lipinski definition) is 5. The molecule has 0 spiro atoms. The lowest BCUT2D eigenvalue weighted by Crippen LogP contribution is -2.39. The number of aryl methyl sites for hydroxylation is 1. The summed E-state index contributed by atoms with van der Waals surface area (Å²) in [6.07, 6.45) is 11.9. The number of rotatable bonds is 10. The number of hydrogen-bond donors (Lipinski definition) is 2. The summed E-state index contributed by atoms with van der Waals surface area (Å²) in [4.78, 5) is 7.40. The molecule has 2 N–H and O–H groups in total. The highest BCUT2D eigenvalue weighted by Gasteiger charge is 2.24. The highest BCUT2D eigenvalue weighted by atomic mass is 32.2. The third-order valence-corrected chi connectivity index (χ3v) is 6.83. The standard InChI is InChI=1S/C21H39N7S/c1-4-22-20(24-16-18-12-9-15-27(18)5-2)23-14-8-13-19-25-26-21(29-3)28(19)17-10-6-7-11-17/h17-18H,4-16H2,1-3H3,(H2,22,23,24). The summed E-state index contributed by atoms with van der Waals surface area (Å²) in [6.45, 7) is 9.40. The first-order chi connectivity index (χ1) is 14.3. The van der Waals surface area contributed by atoms with Crippen LogP contribution in [0.4, 0.5) is 0 Å². The van der Waals surface area contributed by atoms with Crippen molar-refractivity contribution in [1.29, 1.82) is 0 Å². The van der Waals surface area contributed by atoms with Gasteiger partial charge in [-0.15, -0.1) is 10.2 Å². The van der Waals surface area contributed by atoms with Gasteiger partial charge in [0.1, 0.15) is 5.82 Å². The molecule has 2 fully saturated rings. The lowest BCUT2D eigenvalue weighted by atomic mass is 10.2. The van der Waals surface area contributed by atoms with E-state index in [0.29, 0.717) is 12.1 Å². The van der Waals surface area contributed by atoms with E-state index in [0.717, 1.165) is 56.0 Å². The summed E-state index contributed by atoms with van der Waals surface area (Å²) in [7, 11) is 0. The van der Waals surface area contributed by atoms with Crippen LogP contribution in [0.15, 0.2) is 10.1 Å². The van der Waals surface area contributed by atoms with Crippen molar-refractivity contribution < 1.29 is 0 Å². The summed E-state index contributed by atoms with van der Waals surface area (Å²) in [5.74, 6) is 2.09. The van der Waals surface area contributed by atoms with Crippen molar-refractivity contribution in [3.8, 4) is 0 Å². The van der Waals surface area contributed by atoms with Crippen molar-refractivity contribution in [3.63, 3.8) is 0 Å². The van der Waals surface area contributed by atoms with Crippen LogP contribution in [-0.2, 0) is 6.42 Å². The third-order valence-electron chi connectivity index (χ3n) is 6.19. The van der Waals surface area contributed by atoms with Crippen LogP contribution >= 0.6 is 11.8 Å². The lowest BCUT2D eigenvalue weighted by Gasteiger charge is -2.21. The molecule has 1 aromatic heterocycles. The van der Waals surface area contributed by atoms with E-state index in [4.69, 9.17) is 4.99 Å². The zero-order valence-electron chi connectivity index (χ0n) is 18.5. The van der Waals surface area contributed by atoms with E-state index < -0.39 is 0 Å². The molecule has 1 aliphatic carbocycles. The fourth-order valence-corrected chi connectivity index (χ4v) is 5.23. The normalized spacial score (nSPS) is 21.2. The Bertz CT molecular complexity index is 639. The van der Waals surface area contributed by atoms with Crippen LogP contribution in [0.3, 0.4) is 0 Å². The molecule has 0 amide bonds. The van der Waals surface area contributed by atoms with E-state index in [9.17, 15) is 0 Å². The van der Waals surface area contributed by atoms with Gasteiger partial charge in [0.2, 0.25) is 0 Å². The minimum absolute atomic E-state index is 0.599. The van der Waals surface area contributed by atoms with Gasteiger partial charge in [-0.25, -0.2) is 0 Å². The van der Waals surface area contributed by atoms with Crippen LogP contribution in [0, 0.1) is 0 Å². The maximum Gasteiger partial charge on any atom is 0.191 e. The van der Waals surface area contributed by atoms with E-state index in [1.54, 1.807) is 11.8 Å². The van der Waals surface area contributed by atoms with Gasteiger partial charge in [0, 0.05) is 31.6 Å². The fourth-order valence-electron chi connectivity index (χ4n) is 4.66. The molecule has 0 aromatic carbocycles. The second-order valence-electron chi connectivity index (χ2n) is 8.09. The minimum atomic E-state index is 0.599. The van der Waals surface area contributed by atoms with Crippen LogP contribution in [-0.4, -0.2) is 70.6 Å². The number of nitrogens with zero attached hydrogens (tertiary/aromatic N) is 5. The number of likely N-dealkylation sites (N-methyl/N-ethyl adjacent to an activating group) is 1. The van der Waals surface area contributed by atoms with Crippen molar-refractivity contribution in [1.82, 2.24) is 30.3 Å². The molecule has 7 nitrogen and oxygen atoms in total. The smallest absolute Gasteiger partial charge is 0.191 e. The van der Waals surface area contributed by atoms with Crippen molar-refractivity contribution >= 4 is 17.7 Å². The van der Waals surface area contributed by atoms with Gasteiger partial charge >= 0.3 is 0 Å². The van der Waals surface area contributed by atoms with Crippen molar-refractivity contribution in [2.24, 2.45) is 4.99 Å². The van der Waals surface area contributed by atoms with Crippen molar-refractivity contribution in [2.75, 3.05) is 39.0 Å². The molecule has 0 bridgehead atoms. The predicted octanol–water partition coefficient (Wildman–Crippen LogP) is 3.09. The molecule has 3 rings (SSSR count). The molecule has 29 heavy (non-hydrogen) atoms. The summed E-state index contributed by atoms with van der Waals surface area (Å²) >= 11 is 1.71. The molecule has 2 aliphatic rings. The van der Waals surface area contributed by atoms with Crippen LogP contribution < -0.4 is 10.6 Å². The number of likely N-dealkylation sites (tertiary alicyclic amines) is 1. The van der Waals surface area contributed by atoms with Crippen molar-refractivity contribution in [3.05, 3.63) is 5.82 Å². The van der Waals surface area contributed by atoms with Gasteiger partial charge in [0.15, 0.2) is 11.1 Å². The van der Waals surface area contributed by atoms with Crippen LogP contribution in [0.2, 0.25) is 0 Å². The van der Waals surface area contributed by atoms with E-state index in [-0.39, 0.29) is 0 Å². The number of aromatic nitrogens is 3. The Morgan fingerprint density at radius 2 is 1.97 bits per heavy atom. The van der Waals surface area contributed by atoms with Crippen LogP contribution in [0.5, 0.6) is 0 Å².